The zero-order valence-corrected chi connectivity index (χ0v) is 16.3. The molecule has 1 amide bonds. The molecule has 134 valence electrons. The summed E-state index contributed by atoms with van der Waals surface area (Å²) in [5.74, 6) is 0.384. The number of halogens is 1. The molecule has 0 spiro atoms. The first-order valence-corrected chi connectivity index (χ1v) is 9.61. The Hall–Kier alpha value is -2.24. The Kier molecular flexibility index (Phi) is 6.01. The molecule has 0 aliphatic carbocycles. The number of aromatic nitrogens is 2. The van der Waals surface area contributed by atoms with Crippen molar-refractivity contribution in [2.45, 2.75) is 18.6 Å². The lowest BCUT2D eigenvalue weighted by atomic mass is 10.2. The Bertz CT molecular complexity index is 909. The molecule has 6 heteroatoms. The normalized spacial score (nSPS) is 10.7. The van der Waals surface area contributed by atoms with E-state index in [2.05, 4.69) is 18.0 Å². The molecule has 0 unspecified atom stereocenters. The van der Waals surface area contributed by atoms with Crippen LogP contribution in [0.2, 0.25) is 5.02 Å². The summed E-state index contributed by atoms with van der Waals surface area (Å²) in [5.41, 5.74) is 3.25. The lowest BCUT2D eigenvalue weighted by molar-refractivity contribution is -0.127. The third kappa shape index (κ3) is 4.48. The van der Waals surface area contributed by atoms with Crippen molar-refractivity contribution >= 4 is 29.3 Å². The van der Waals surface area contributed by atoms with E-state index < -0.39 is 0 Å². The molecule has 0 saturated heterocycles. The van der Waals surface area contributed by atoms with Gasteiger partial charge < -0.3 is 4.90 Å². The van der Waals surface area contributed by atoms with Crippen molar-refractivity contribution in [1.82, 2.24) is 14.5 Å². The molecule has 0 aliphatic heterocycles. The van der Waals surface area contributed by atoms with Crippen LogP contribution in [-0.2, 0) is 11.3 Å². The standard InChI is InChI=1S/C20H20ClN3OS/c1-15-6-3-4-9-18(15)24-11-10-22-20(24)26-14-19(25)23(2)13-16-7-5-8-17(21)12-16/h3-12H,13-14H2,1-2H3. The Morgan fingerprint density at radius 2 is 2.04 bits per heavy atom. The molecule has 1 aromatic heterocycles. The molecule has 3 rings (SSSR count). The van der Waals surface area contributed by atoms with Gasteiger partial charge in [0.1, 0.15) is 0 Å². The Labute approximate surface area is 162 Å². The number of aryl methyl sites for hydroxylation is 1. The third-order valence-corrected chi connectivity index (χ3v) is 5.23. The smallest absolute Gasteiger partial charge is 0.233 e. The van der Waals surface area contributed by atoms with Gasteiger partial charge in [-0.15, -0.1) is 0 Å². The van der Waals surface area contributed by atoms with E-state index in [9.17, 15) is 4.79 Å². The highest BCUT2D eigenvalue weighted by Crippen LogP contribution is 2.23. The van der Waals surface area contributed by atoms with Crippen molar-refractivity contribution in [1.29, 1.82) is 0 Å². The maximum atomic E-state index is 12.5. The van der Waals surface area contributed by atoms with Crippen molar-refractivity contribution in [2.75, 3.05) is 12.8 Å². The van der Waals surface area contributed by atoms with Crippen molar-refractivity contribution in [3.8, 4) is 5.69 Å². The minimum absolute atomic E-state index is 0.0503. The maximum Gasteiger partial charge on any atom is 0.233 e. The summed E-state index contributed by atoms with van der Waals surface area (Å²) < 4.78 is 2.02. The van der Waals surface area contributed by atoms with Gasteiger partial charge in [0.25, 0.3) is 0 Å². The summed E-state index contributed by atoms with van der Waals surface area (Å²) in [6.07, 6.45) is 3.68. The molecule has 0 bridgehead atoms. The van der Waals surface area contributed by atoms with Gasteiger partial charge in [-0.1, -0.05) is 53.7 Å². The van der Waals surface area contributed by atoms with E-state index in [1.807, 2.05) is 53.2 Å². The van der Waals surface area contributed by atoms with Crippen LogP contribution in [0.5, 0.6) is 0 Å². The van der Waals surface area contributed by atoms with Crippen LogP contribution in [0.3, 0.4) is 0 Å². The zero-order chi connectivity index (χ0) is 18.5. The summed E-state index contributed by atoms with van der Waals surface area (Å²) in [6, 6.07) is 15.7. The first-order valence-electron chi connectivity index (χ1n) is 8.25. The second-order valence-corrected chi connectivity index (χ2v) is 7.41. The average Bonchev–Trinajstić information content (AvgIpc) is 3.08. The van der Waals surface area contributed by atoms with Gasteiger partial charge in [-0.25, -0.2) is 4.98 Å². The Morgan fingerprint density at radius 3 is 2.81 bits per heavy atom. The number of imidazole rings is 1. The predicted octanol–water partition coefficient (Wildman–Crippen LogP) is 4.58. The number of carbonyl (C=O) groups is 1. The summed E-state index contributed by atoms with van der Waals surface area (Å²) in [7, 11) is 1.80. The molecule has 0 aliphatic rings. The van der Waals surface area contributed by atoms with Crippen LogP contribution >= 0.6 is 23.4 Å². The molecule has 3 aromatic rings. The van der Waals surface area contributed by atoms with E-state index in [0.717, 1.165) is 22.0 Å². The van der Waals surface area contributed by atoms with Crippen LogP contribution in [0.15, 0.2) is 66.1 Å². The van der Waals surface area contributed by atoms with Crippen molar-refractivity contribution in [2.24, 2.45) is 0 Å². The molecular weight excluding hydrogens is 366 g/mol. The number of nitrogens with zero attached hydrogens (tertiary/aromatic N) is 3. The Balaban J connectivity index is 1.63. The molecule has 0 radical (unpaired) electrons. The fourth-order valence-corrected chi connectivity index (χ4v) is 3.77. The molecule has 26 heavy (non-hydrogen) atoms. The second-order valence-electron chi connectivity index (χ2n) is 6.03. The first kappa shape index (κ1) is 18.5. The number of hydrogen-bond donors (Lipinski definition) is 0. The molecule has 1 heterocycles. The number of para-hydroxylation sites is 1. The minimum Gasteiger partial charge on any atom is -0.341 e. The summed E-state index contributed by atoms with van der Waals surface area (Å²) in [6.45, 7) is 2.60. The minimum atomic E-state index is 0.0503. The van der Waals surface area contributed by atoms with Gasteiger partial charge in [0.2, 0.25) is 5.91 Å². The van der Waals surface area contributed by atoms with Crippen LogP contribution in [-0.4, -0.2) is 33.2 Å². The molecule has 0 saturated carbocycles. The number of hydrogen-bond acceptors (Lipinski definition) is 3. The maximum absolute atomic E-state index is 12.5. The van der Waals surface area contributed by atoms with Gasteiger partial charge in [0.05, 0.1) is 11.4 Å². The van der Waals surface area contributed by atoms with E-state index >= 15 is 0 Å². The number of amides is 1. The van der Waals surface area contributed by atoms with E-state index in [4.69, 9.17) is 11.6 Å². The SMILES string of the molecule is Cc1ccccc1-n1ccnc1SCC(=O)N(C)Cc1cccc(Cl)c1. The lowest BCUT2D eigenvalue weighted by Gasteiger charge is -2.17. The monoisotopic (exact) mass is 385 g/mol. The number of rotatable bonds is 6. The van der Waals surface area contributed by atoms with E-state index in [0.29, 0.717) is 17.3 Å². The largest absolute Gasteiger partial charge is 0.341 e. The van der Waals surface area contributed by atoms with Gasteiger partial charge in [-0.2, -0.15) is 0 Å². The summed E-state index contributed by atoms with van der Waals surface area (Å²) in [5, 5.41) is 1.49. The number of benzene rings is 2. The number of thioether (sulfide) groups is 1. The van der Waals surface area contributed by atoms with Gasteiger partial charge >= 0.3 is 0 Å². The van der Waals surface area contributed by atoms with Gasteiger partial charge in [-0.3, -0.25) is 9.36 Å². The summed E-state index contributed by atoms with van der Waals surface area (Å²) in [4.78, 5) is 18.6. The highest BCUT2D eigenvalue weighted by atomic mass is 35.5. The fourth-order valence-electron chi connectivity index (χ4n) is 2.65. The van der Waals surface area contributed by atoms with Crippen molar-refractivity contribution < 1.29 is 4.79 Å². The van der Waals surface area contributed by atoms with Crippen LogP contribution in [0.4, 0.5) is 0 Å². The third-order valence-electron chi connectivity index (χ3n) is 4.04. The van der Waals surface area contributed by atoms with E-state index in [1.165, 1.54) is 11.8 Å². The molecule has 0 atom stereocenters. The quantitative estimate of drug-likeness (QED) is 0.583. The average molecular weight is 386 g/mol. The highest BCUT2D eigenvalue weighted by molar-refractivity contribution is 7.99. The van der Waals surface area contributed by atoms with E-state index in [-0.39, 0.29) is 5.91 Å². The highest BCUT2D eigenvalue weighted by Gasteiger charge is 2.13. The van der Waals surface area contributed by atoms with Gasteiger partial charge in [0.15, 0.2) is 5.16 Å². The van der Waals surface area contributed by atoms with Gasteiger partial charge in [-0.05, 0) is 36.2 Å². The predicted molar refractivity (Wildman–Crippen MR) is 107 cm³/mol. The van der Waals surface area contributed by atoms with Crippen LogP contribution in [0.1, 0.15) is 11.1 Å². The van der Waals surface area contributed by atoms with Gasteiger partial charge in [0, 0.05) is 31.0 Å². The molecule has 0 N–H and O–H groups in total. The second kappa shape index (κ2) is 8.43. The molecule has 4 nitrogen and oxygen atoms in total. The molecular formula is C20H20ClN3OS. The zero-order valence-electron chi connectivity index (χ0n) is 14.7. The Morgan fingerprint density at radius 1 is 1.23 bits per heavy atom. The fraction of sp³-hybridized carbons (Fsp3) is 0.200. The lowest BCUT2D eigenvalue weighted by Crippen LogP contribution is -2.27. The number of carbonyl (C=O) groups excluding carboxylic acids is 1. The molecule has 0 fully saturated rings. The van der Waals surface area contributed by atoms with E-state index in [1.54, 1.807) is 18.1 Å². The van der Waals surface area contributed by atoms with Crippen molar-refractivity contribution in [3.05, 3.63) is 77.1 Å². The van der Waals surface area contributed by atoms with Crippen LogP contribution < -0.4 is 0 Å². The topological polar surface area (TPSA) is 38.1 Å². The van der Waals surface area contributed by atoms with Crippen LogP contribution in [0.25, 0.3) is 5.69 Å². The summed E-state index contributed by atoms with van der Waals surface area (Å²) >= 11 is 7.45. The van der Waals surface area contributed by atoms with Crippen LogP contribution in [0, 0.1) is 6.92 Å². The van der Waals surface area contributed by atoms with Crippen molar-refractivity contribution in [3.63, 3.8) is 0 Å². The first-order chi connectivity index (χ1) is 12.5. The molecule has 2 aromatic carbocycles.